The van der Waals surface area contributed by atoms with Gasteiger partial charge in [-0.1, -0.05) is 92.3 Å². The van der Waals surface area contributed by atoms with Crippen molar-refractivity contribution >= 4 is 85.5 Å². The van der Waals surface area contributed by atoms with Crippen LogP contribution in [0.1, 0.15) is 183 Å². The number of aromatic nitrogens is 12. The summed E-state index contributed by atoms with van der Waals surface area (Å²) in [6, 6.07) is 17.3. The number of benzene rings is 3. The Bertz CT molecular complexity index is 4310. The lowest BCUT2D eigenvalue weighted by molar-refractivity contribution is -0.121. The van der Waals surface area contributed by atoms with Gasteiger partial charge >= 0.3 is 0 Å². The first kappa shape index (κ1) is 73.6. The maximum Gasteiger partial charge on any atom is 0.252 e. The van der Waals surface area contributed by atoms with Crippen LogP contribution in [0, 0.1) is 38.2 Å². The normalized spacial score (nSPS) is 16.8. The highest BCUT2D eigenvalue weighted by Gasteiger charge is 2.43. The van der Waals surface area contributed by atoms with Crippen molar-refractivity contribution in [3.05, 3.63) is 175 Å². The van der Waals surface area contributed by atoms with Crippen LogP contribution in [0.15, 0.2) is 91.4 Å². The summed E-state index contributed by atoms with van der Waals surface area (Å²) in [5, 5.41) is 60.8. The molecule has 0 saturated carbocycles. The van der Waals surface area contributed by atoms with Crippen LogP contribution in [0.4, 0.5) is 30.2 Å². The SMILES string of the molecule is CC(C)c1c(N2CCC(Br)C2=O)cnn1-c1ccc(F)cc1.Cc1[nH]nc(C(C)(C)O)c1Cl.Cc1c(Cl)c(C(C)(C)O)nn1C1CCN(c2cnn(-c3ccc(F)cc3)c2C(C)C)C1=O.Cc1nn(C2CCN(c3cnn(-c4ccc(F)cc4)c3C(C)C)C2=O)c(C(C)(C)O)c1Cl. The summed E-state index contributed by atoms with van der Waals surface area (Å²) in [4.78, 5) is 44.4. The number of H-pyrrole nitrogens is 1. The van der Waals surface area contributed by atoms with Gasteiger partial charge in [-0.3, -0.25) is 28.8 Å². The lowest BCUT2D eigenvalue weighted by Crippen LogP contribution is -2.32. The molecule has 0 aliphatic carbocycles. The number of carbonyl (C=O) groups is 3. The Balaban J connectivity index is 0.000000160. The molecule has 3 aliphatic heterocycles. The molecule has 9 aromatic rings. The van der Waals surface area contributed by atoms with Gasteiger partial charge in [0.1, 0.15) is 57.7 Å². The molecule has 3 aromatic carbocycles. The number of carbonyl (C=O) groups excluding carboxylic acids is 3. The first-order chi connectivity index (χ1) is 45.4. The highest BCUT2D eigenvalue weighted by Crippen LogP contribution is 2.42. The second-order valence-corrected chi connectivity index (χ2v) is 29.0. The molecule has 0 bridgehead atoms. The number of aromatic amines is 1. The van der Waals surface area contributed by atoms with Gasteiger partial charge in [-0.15, -0.1) is 0 Å². The molecule has 12 rings (SSSR count). The quantitative estimate of drug-likeness (QED) is 0.0744. The van der Waals surface area contributed by atoms with E-state index in [1.807, 2.05) is 34.6 Å². The summed E-state index contributed by atoms with van der Waals surface area (Å²) in [6.45, 7) is 29.1. The largest absolute Gasteiger partial charge is 0.384 e. The van der Waals surface area contributed by atoms with E-state index in [-0.39, 0.29) is 57.8 Å². The maximum absolute atomic E-state index is 13.5. The third kappa shape index (κ3) is 15.3. The van der Waals surface area contributed by atoms with E-state index in [1.54, 1.807) is 148 Å². The molecule has 3 atom stereocenters. The average Bonchev–Trinajstić information content (AvgIpc) is 1.62. The Morgan fingerprint density at radius 3 is 1.16 bits per heavy atom. The van der Waals surface area contributed by atoms with Gasteiger partial charge in [0.15, 0.2) is 0 Å². The van der Waals surface area contributed by atoms with Gasteiger partial charge < -0.3 is 30.0 Å². The van der Waals surface area contributed by atoms with Crippen molar-refractivity contribution in [2.45, 2.75) is 175 Å². The number of amides is 3. The van der Waals surface area contributed by atoms with E-state index in [0.29, 0.717) is 76.0 Å². The molecule has 0 spiro atoms. The van der Waals surface area contributed by atoms with Crippen LogP contribution in [-0.2, 0) is 31.2 Å². The van der Waals surface area contributed by atoms with Crippen molar-refractivity contribution in [3.8, 4) is 17.1 Å². The van der Waals surface area contributed by atoms with Gasteiger partial charge in [0, 0.05) is 19.6 Å². The van der Waals surface area contributed by atoms with E-state index < -0.39 is 28.9 Å². The first-order valence-corrected chi connectivity index (χ1v) is 34.0. The van der Waals surface area contributed by atoms with Crippen molar-refractivity contribution in [1.82, 2.24) is 59.1 Å². The van der Waals surface area contributed by atoms with Crippen molar-refractivity contribution in [3.63, 3.8) is 0 Å². The average molecular weight is 1460 g/mol. The van der Waals surface area contributed by atoms with E-state index in [9.17, 15) is 42.9 Å². The number of halogens is 7. The number of anilines is 3. The molecular weight excluding hydrogens is 1380 g/mol. The predicted molar refractivity (Wildman–Crippen MR) is 373 cm³/mol. The third-order valence-corrected chi connectivity index (χ3v) is 19.1. The fourth-order valence-electron chi connectivity index (χ4n) is 12.1. The second-order valence-electron chi connectivity index (χ2n) is 26.8. The lowest BCUT2D eigenvalue weighted by Gasteiger charge is -2.23. The van der Waals surface area contributed by atoms with Crippen molar-refractivity contribution < 1.29 is 42.9 Å². The zero-order chi connectivity index (χ0) is 71.2. The van der Waals surface area contributed by atoms with Gasteiger partial charge in [-0.2, -0.15) is 30.6 Å². The Morgan fingerprint density at radius 1 is 0.505 bits per heavy atom. The minimum absolute atomic E-state index is 0.0673. The first-order valence-electron chi connectivity index (χ1n) is 31.9. The van der Waals surface area contributed by atoms with Gasteiger partial charge in [0.25, 0.3) is 11.8 Å². The minimum atomic E-state index is -1.25. The molecule has 21 nitrogen and oxygen atoms in total. The zero-order valence-electron chi connectivity index (χ0n) is 56.8. The summed E-state index contributed by atoms with van der Waals surface area (Å²) in [6.07, 6.45) is 6.96. The summed E-state index contributed by atoms with van der Waals surface area (Å²) in [5.74, 6) is -0.747. The number of aliphatic hydroxyl groups is 3. The number of rotatable bonds is 14. The van der Waals surface area contributed by atoms with Crippen LogP contribution >= 0.6 is 50.7 Å². The number of alkyl halides is 1. The zero-order valence-corrected chi connectivity index (χ0v) is 60.7. The molecule has 3 amide bonds. The number of nitrogens with one attached hydrogen (secondary N) is 1. The molecule has 3 unspecified atom stereocenters. The summed E-state index contributed by atoms with van der Waals surface area (Å²) >= 11 is 22.1. The Kier molecular flexibility index (Phi) is 22.0. The lowest BCUT2D eigenvalue weighted by atomic mass is 10.0. The van der Waals surface area contributed by atoms with Crippen LogP contribution in [0.2, 0.25) is 15.1 Å². The van der Waals surface area contributed by atoms with E-state index in [0.717, 1.165) is 63.3 Å². The Morgan fingerprint density at radius 2 is 0.866 bits per heavy atom. The predicted octanol–water partition coefficient (Wildman–Crippen LogP) is 14.2. The summed E-state index contributed by atoms with van der Waals surface area (Å²) in [7, 11) is 0. The molecule has 97 heavy (non-hydrogen) atoms. The van der Waals surface area contributed by atoms with Crippen LogP contribution in [0.5, 0.6) is 0 Å². The van der Waals surface area contributed by atoms with Crippen LogP contribution in [-0.4, -0.2) is 117 Å². The minimum Gasteiger partial charge on any atom is -0.384 e. The van der Waals surface area contributed by atoms with Gasteiger partial charge in [-0.25, -0.2) is 27.2 Å². The maximum atomic E-state index is 13.5. The number of nitrogens with zero attached hydrogens (tertiary/aromatic N) is 14. The highest BCUT2D eigenvalue weighted by atomic mass is 79.9. The standard InChI is InChI=1S/2C23H27ClFN5O2.C16H17BrFN3O.C7H11ClN2O/c1-13(2)20-18(12-26-30(20)16-8-6-15(25)7-9-16)28-11-10-17(22(28)31)29-14(3)19(24)21(27-29)23(4,5)32;1-13(2)20-18(12-26-29(20)16-8-6-15(25)7-9-16)28-11-10-17(22(28)31)30-21(23(4,5)32)19(24)14(3)27-30;1-10(2)15-14(20-8-7-13(17)16(20)22)9-19-21(15)12-5-3-11(18)4-6-12;1-4-5(8)6(10-9-4)7(2,3)11/h2*6-9,12-13,17,32H,10-11H2,1-5H3;3-6,9-10,13H,7-8H2,1-2H3;11H,1-3H3,(H,9,10). The Hall–Kier alpha value is -7.65. The van der Waals surface area contributed by atoms with Gasteiger partial charge in [-0.05, 0) is 172 Å². The number of hydrogen-bond donors (Lipinski definition) is 4. The van der Waals surface area contributed by atoms with E-state index >= 15 is 0 Å². The molecule has 3 saturated heterocycles. The molecule has 3 aliphatic rings. The van der Waals surface area contributed by atoms with Crippen molar-refractivity contribution in [2.24, 2.45) is 0 Å². The molecule has 3 fully saturated rings. The highest BCUT2D eigenvalue weighted by molar-refractivity contribution is 9.10. The third-order valence-electron chi connectivity index (χ3n) is 16.9. The van der Waals surface area contributed by atoms with Gasteiger partial charge in [0.05, 0.1) is 112 Å². The molecule has 9 heterocycles. The summed E-state index contributed by atoms with van der Waals surface area (Å²) < 4.78 is 48.4. The number of aryl methyl sites for hydroxylation is 2. The molecule has 4 N–H and O–H groups in total. The van der Waals surface area contributed by atoms with E-state index in [4.69, 9.17) is 34.8 Å². The topological polar surface area (TPSA) is 239 Å². The van der Waals surface area contributed by atoms with Crippen LogP contribution < -0.4 is 14.7 Å². The smallest absolute Gasteiger partial charge is 0.252 e. The fraction of sp³-hybridized carbons (Fsp3) is 0.435. The van der Waals surface area contributed by atoms with Crippen molar-refractivity contribution in [1.29, 1.82) is 0 Å². The molecular formula is C69H82BrCl3F3N15O6. The molecule has 0 radical (unpaired) electrons. The van der Waals surface area contributed by atoms with Gasteiger partial charge in [0.2, 0.25) is 5.91 Å². The van der Waals surface area contributed by atoms with Crippen LogP contribution in [0.25, 0.3) is 17.1 Å². The van der Waals surface area contributed by atoms with E-state index in [2.05, 4.69) is 65.5 Å². The fourth-order valence-corrected chi connectivity index (χ4v) is 13.6. The monoisotopic (exact) mass is 1460 g/mol. The second kappa shape index (κ2) is 29.0. The molecule has 518 valence electrons. The Labute approximate surface area is 585 Å². The summed E-state index contributed by atoms with van der Waals surface area (Å²) in [5.41, 5.74) is 7.09. The number of hydrogen-bond acceptors (Lipinski definition) is 12. The van der Waals surface area contributed by atoms with E-state index in [1.165, 1.54) is 36.4 Å². The van der Waals surface area contributed by atoms with Crippen molar-refractivity contribution in [2.75, 3.05) is 34.3 Å². The molecule has 28 heteroatoms. The molecule has 6 aromatic heterocycles. The van der Waals surface area contributed by atoms with Crippen LogP contribution in [0.3, 0.4) is 0 Å².